The molecule has 3 nitrogen and oxygen atoms in total. The smallest absolute Gasteiger partial charge is 0.353 e. The molecule has 0 aliphatic rings. The summed E-state index contributed by atoms with van der Waals surface area (Å²) in [5.74, 6) is 0.217. The molecule has 0 saturated carbocycles. The van der Waals surface area contributed by atoms with Crippen molar-refractivity contribution < 1.29 is 9.53 Å². The number of pyridine rings is 1. The van der Waals surface area contributed by atoms with Crippen LogP contribution in [0.5, 0.6) is 5.75 Å². The number of esters is 1. The van der Waals surface area contributed by atoms with Gasteiger partial charge in [0.2, 0.25) is 0 Å². The summed E-state index contributed by atoms with van der Waals surface area (Å²) in [4.78, 5) is 16.4. The summed E-state index contributed by atoms with van der Waals surface area (Å²) in [6.45, 7) is 0. The fourth-order valence-corrected chi connectivity index (χ4v) is 2.46. The summed E-state index contributed by atoms with van der Waals surface area (Å²) in [6, 6.07) is 14.9. The molecule has 3 aromatic rings. The quantitative estimate of drug-likeness (QED) is 0.525. The largest absolute Gasteiger partial charge is 0.422 e. The Hall–Kier alpha value is -2.72. The van der Waals surface area contributed by atoms with E-state index in [9.17, 15) is 4.79 Å². The second-order valence-electron chi connectivity index (χ2n) is 4.55. The lowest BCUT2D eigenvalue weighted by atomic mass is 10.1. The number of thiophene rings is 1. The number of rotatable bonds is 4. The number of carbonyl (C=O) groups excluding carboxylic acids is 1. The molecule has 0 aliphatic carbocycles. The summed E-state index contributed by atoms with van der Waals surface area (Å²) in [5.41, 5.74) is 2.12. The van der Waals surface area contributed by atoms with Crippen LogP contribution in [0.4, 0.5) is 0 Å². The van der Waals surface area contributed by atoms with Crippen LogP contribution in [0.15, 0.2) is 66.3 Å². The van der Waals surface area contributed by atoms with Gasteiger partial charge in [-0.25, -0.2) is 4.79 Å². The number of hydrogen-bond donors (Lipinski definition) is 0. The summed E-state index contributed by atoms with van der Waals surface area (Å²) >= 11 is 1.37. The lowest BCUT2D eigenvalue weighted by Crippen LogP contribution is -2.05. The molecule has 0 fully saturated rings. The van der Waals surface area contributed by atoms with Crippen molar-refractivity contribution in [2.75, 3.05) is 0 Å². The number of carbonyl (C=O) groups is 1. The van der Waals surface area contributed by atoms with E-state index in [1.165, 1.54) is 11.3 Å². The van der Waals surface area contributed by atoms with Crippen LogP contribution in [0.25, 0.3) is 12.2 Å². The highest BCUT2D eigenvalue weighted by Crippen LogP contribution is 2.17. The van der Waals surface area contributed by atoms with Gasteiger partial charge in [0, 0.05) is 12.4 Å². The number of nitrogens with zero attached hydrogens (tertiary/aromatic N) is 1. The van der Waals surface area contributed by atoms with Crippen molar-refractivity contribution in [1.82, 2.24) is 4.98 Å². The molecule has 0 amide bonds. The molecule has 0 atom stereocenters. The van der Waals surface area contributed by atoms with E-state index in [2.05, 4.69) is 4.98 Å². The number of benzene rings is 1. The van der Waals surface area contributed by atoms with E-state index in [1.54, 1.807) is 30.6 Å². The van der Waals surface area contributed by atoms with Gasteiger partial charge in [0.15, 0.2) is 0 Å². The molecular formula is C18H13NO2S. The average molecular weight is 307 g/mol. The fraction of sp³-hybridized carbons (Fsp3) is 0. The minimum atomic E-state index is -0.324. The van der Waals surface area contributed by atoms with E-state index in [-0.39, 0.29) is 5.97 Å². The predicted molar refractivity (Wildman–Crippen MR) is 88.9 cm³/mol. The molecule has 2 aromatic heterocycles. The standard InChI is InChI=1S/C18H13NO2S/c20-18(17-2-1-13-22-17)21-16-7-5-14(6-8-16)3-4-15-9-11-19-12-10-15/h1-13H. The first-order chi connectivity index (χ1) is 10.8. The van der Waals surface area contributed by atoms with Gasteiger partial charge in [0.1, 0.15) is 10.6 Å². The number of ether oxygens (including phenoxy) is 1. The van der Waals surface area contributed by atoms with E-state index >= 15 is 0 Å². The van der Waals surface area contributed by atoms with Crippen molar-refractivity contribution in [3.63, 3.8) is 0 Å². The lowest BCUT2D eigenvalue weighted by Gasteiger charge is -2.03. The molecule has 3 rings (SSSR count). The van der Waals surface area contributed by atoms with E-state index in [0.29, 0.717) is 10.6 Å². The van der Waals surface area contributed by atoms with Gasteiger partial charge >= 0.3 is 5.97 Å². The van der Waals surface area contributed by atoms with Crippen molar-refractivity contribution >= 4 is 29.5 Å². The van der Waals surface area contributed by atoms with Crippen LogP contribution in [0.2, 0.25) is 0 Å². The van der Waals surface area contributed by atoms with Crippen LogP contribution in [-0.4, -0.2) is 11.0 Å². The summed E-state index contributed by atoms with van der Waals surface area (Å²) in [7, 11) is 0. The SMILES string of the molecule is O=C(Oc1ccc(C=Cc2ccncc2)cc1)c1cccs1. The Morgan fingerprint density at radius 1 is 0.955 bits per heavy atom. The molecule has 0 saturated heterocycles. The van der Waals surface area contributed by atoms with Gasteiger partial charge in [-0.2, -0.15) is 0 Å². The predicted octanol–water partition coefficient (Wildman–Crippen LogP) is 4.53. The Bertz CT molecular complexity index is 763. The first kappa shape index (κ1) is 14.2. The zero-order valence-corrected chi connectivity index (χ0v) is 12.5. The number of hydrogen-bond acceptors (Lipinski definition) is 4. The summed E-state index contributed by atoms with van der Waals surface area (Å²) < 4.78 is 5.32. The van der Waals surface area contributed by atoms with Crippen LogP contribution < -0.4 is 4.74 Å². The maximum absolute atomic E-state index is 11.8. The second kappa shape index (κ2) is 6.83. The van der Waals surface area contributed by atoms with Crippen molar-refractivity contribution in [2.45, 2.75) is 0 Å². The Morgan fingerprint density at radius 2 is 1.64 bits per heavy atom. The fourth-order valence-electron chi connectivity index (χ4n) is 1.87. The second-order valence-corrected chi connectivity index (χ2v) is 5.50. The molecule has 0 unspecified atom stereocenters. The minimum absolute atomic E-state index is 0.324. The Morgan fingerprint density at radius 3 is 2.27 bits per heavy atom. The zero-order chi connectivity index (χ0) is 15.2. The highest BCUT2D eigenvalue weighted by atomic mass is 32.1. The van der Waals surface area contributed by atoms with Gasteiger partial charge < -0.3 is 4.74 Å². The minimum Gasteiger partial charge on any atom is -0.422 e. The van der Waals surface area contributed by atoms with Crippen LogP contribution >= 0.6 is 11.3 Å². The van der Waals surface area contributed by atoms with Crippen LogP contribution in [0.1, 0.15) is 20.8 Å². The zero-order valence-electron chi connectivity index (χ0n) is 11.7. The van der Waals surface area contributed by atoms with E-state index in [4.69, 9.17) is 4.74 Å². The van der Waals surface area contributed by atoms with E-state index in [1.807, 2.05) is 47.9 Å². The maximum atomic E-state index is 11.8. The molecule has 0 aliphatic heterocycles. The Balaban J connectivity index is 1.65. The highest BCUT2D eigenvalue weighted by molar-refractivity contribution is 7.12. The topological polar surface area (TPSA) is 39.2 Å². The third-order valence-corrected chi connectivity index (χ3v) is 3.84. The molecule has 22 heavy (non-hydrogen) atoms. The third-order valence-electron chi connectivity index (χ3n) is 2.99. The lowest BCUT2D eigenvalue weighted by molar-refractivity contribution is 0.0740. The van der Waals surface area contributed by atoms with Crippen molar-refractivity contribution in [3.05, 3.63) is 82.3 Å². The highest BCUT2D eigenvalue weighted by Gasteiger charge is 2.08. The summed E-state index contributed by atoms with van der Waals surface area (Å²) in [6.07, 6.45) is 7.52. The van der Waals surface area contributed by atoms with Crippen LogP contribution in [0, 0.1) is 0 Å². The van der Waals surface area contributed by atoms with Gasteiger partial charge in [-0.3, -0.25) is 4.98 Å². The molecule has 0 spiro atoms. The molecule has 2 heterocycles. The molecule has 108 valence electrons. The molecule has 1 aromatic carbocycles. The molecule has 4 heteroatoms. The number of aromatic nitrogens is 1. The summed E-state index contributed by atoms with van der Waals surface area (Å²) in [5, 5.41) is 1.85. The Labute approximate surface area is 132 Å². The first-order valence-electron chi connectivity index (χ1n) is 6.75. The van der Waals surface area contributed by atoms with E-state index in [0.717, 1.165) is 11.1 Å². The van der Waals surface area contributed by atoms with Crippen LogP contribution in [0.3, 0.4) is 0 Å². The first-order valence-corrected chi connectivity index (χ1v) is 7.63. The molecular weight excluding hydrogens is 294 g/mol. The van der Waals surface area contributed by atoms with Gasteiger partial charge in [-0.1, -0.05) is 30.4 Å². The Kier molecular flexibility index (Phi) is 4.41. The van der Waals surface area contributed by atoms with Gasteiger partial charge in [-0.15, -0.1) is 11.3 Å². The van der Waals surface area contributed by atoms with E-state index < -0.39 is 0 Å². The average Bonchev–Trinajstić information content (AvgIpc) is 3.10. The normalized spacial score (nSPS) is 10.7. The van der Waals surface area contributed by atoms with Crippen molar-refractivity contribution in [1.29, 1.82) is 0 Å². The van der Waals surface area contributed by atoms with Crippen molar-refractivity contribution in [2.24, 2.45) is 0 Å². The molecule has 0 N–H and O–H groups in total. The molecule has 0 bridgehead atoms. The van der Waals surface area contributed by atoms with Crippen molar-refractivity contribution in [3.8, 4) is 5.75 Å². The van der Waals surface area contributed by atoms with Gasteiger partial charge in [-0.05, 0) is 46.8 Å². The van der Waals surface area contributed by atoms with Gasteiger partial charge in [0.25, 0.3) is 0 Å². The third kappa shape index (κ3) is 3.68. The van der Waals surface area contributed by atoms with Gasteiger partial charge in [0.05, 0.1) is 0 Å². The molecule has 0 radical (unpaired) electrons. The monoisotopic (exact) mass is 307 g/mol. The van der Waals surface area contributed by atoms with Crippen LogP contribution in [-0.2, 0) is 0 Å². The maximum Gasteiger partial charge on any atom is 0.353 e.